The smallest absolute Gasteiger partial charge is 0.0941 e. The van der Waals surface area contributed by atoms with Crippen LogP contribution in [-0.2, 0) is 5.54 Å². The Hall–Kier alpha value is -6.26. The third kappa shape index (κ3) is 4.78. The second-order valence-electron chi connectivity index (χ2n) is 12.4. The van der Waals surface area contributed by atoms with Crippen molar-refractivity contribution >= 4 is 34.2 Å². The Morgan fingerprint density at radius 1 is 0.542 bits per heavy atom. The number of hydrogen-bond donors (Lipinski definition) is 2. The van der Waals surface area contributed by atoms with Gasteiger partial charge in [0.25, 0.3) is 0 Å². The van der Waals surface area contributed by atoms with Crippen LogP contribution in [0.3, 0.4) is 0 Å². The molecule has 4 aliphatic rings. The molecule has 0 fully saturated rings. The Morgan fingerprint density at radius 2 is 1.17 bits per heavy atom. The molecule has 48 heavy (non-hydrogen) atoms. The van der Waals surface area contributed by atoms with Crippen molar-refractivity contribution in [2.24, 2.45) is 9.98 Å². The van der Waals surface area contributed by atoms with Gasteiger partial charge in [-0.05, 0) is 71.2 Å². The van der Waals surface area contributed by atoms with Crippen molar-refractivity contribution in [2.75, 3.05) is 0 Å². The van der Waals surface area contributed by atoms with E-state index >= 15 is 0 Å². The molecule has 4 heteroatoms. The number of fused-ring (bicyclic) bond motifs is 6. The number of aromatic amines is 1. The quantitative estimate of drug-likeness (QED) is 0.214. The first kappa shape index (κ1) is 28.0. The van der Waals surface area contributed by atoms with Gasteiger partial charge in [-0.1, -0.05) is 127 Å². The molecule has 0 amide bonds. The summed E-state index contributed by atoms with van der Waals surface area (Å²) >= 11 is 0. The average Bonchev–Trinajstić information content (AvgIpc) is 3.97. The van der Waals surface area contributed by atoms with Crippen molar-refractivity contribution in [3.63, 3.8) is 0 Å². The molecule has 0 saturated heterocycles. The molecule has 9 rings (SSSR count). The molecule has 8 bridgehead atoms. The highest BCUT2D eigenvalue weighted by atomic mass is 15.0. The van der Waals surface area contributed by atoms with Crippen molar-refractivity contribution in [2.45, 2.75) is 12.0 Å². The van der Waals surface area contributed by atoms with Gasteiger partial charge in [0.2, 0.25) is 0 Å². The number of aliphatic imine (C=N–C) groups is 2. The summed E-state index contributed by atoms with van der Waals surface area (Å²) < 4.78 is 0. The minimum absolute atomic E-state index is 0.596. The lowest BCUT2D eigenvalue weighted by molar-refractivity contribution is 0.524. The van der Waals surface area contributed by atoms with Gasteiger partial charge in [-0.15, -0.1) is 0 Å². The molecule has 4 aliphatic heterocycles. The molecule has 5 heterocycles. The highest BCUT2D eigenvalue weighted by Crippen LogP contribution is 2.48. The lowest BCUT2D eigenvalue weighted by atomic mass is 9.77. The molecule has 4 aromatic carbocycles. The van der Waals surface area contributed by atoms with Crippen molar-refractivity contribution in [1.82, 2.24) is 10.3 Å². The highest BCUT2D eigenvalue weighted by molar-refractivity contribution is 6.30. The van der Waals surface area contributed by atoms with Crippen molar-refractivity contribution < 1.29 is 0 Å². The molecular weight excluding hydrogens is 585 g/mol. The third-order valence-electron chi connectivity index (χ3n) is 9.46. The van der Waals surface area contributed by atoms with Gasteiger partial charge in [0.15, 0.2) is 0 Å². The maximum absolute atomic E-state index is 5.48. The Balaban J connectivity index is 1.39. The number of H-pyrrole nitrogens is 1. The number of nitrogens with zero attached hydrogens (tertiary/aromatic N) is 2. The van der Waals surface area contributed by atoms with E-state index in [4.69, 9.17) is 9.98 Å². The van der Waals surface area contributed by atoms with E-state index in [1.54, 1.807) is 0 Å². The summed E-state index contributed by atoms with van der Waals surface area (Å²) in [5.74, 6) is 0. The summed E-state index contributed by atoms with van der Waals surface area (Å²) in [4.78, 5) is 14.4. The summed E-state index contributed by atoms with van der Waals surface area (Å²) in [7, 11) is 0. The van der Waals surface area contributed by atoms with Crippen LogP contribution in [0.5, 0.6) is 0 Å². The average molecular weight is 617 g/mol. The van der Waals surface area contributed by atoms with Crippen LogP contribution in [0.1, 0.15) is 28.7 Å². The molecule has 0 saturated carbocycles. The van der Waals surface area contributed by atoms with Gasteiger partial charge in [0.1, 0.15) is 0 Å². The van der Waals surface area contributed by atoms with Gasteiger partial charge in [0, 0.05) is 33.1 Å². The van der Waals surface area contributed by atoms with Crippen molar-refractivity contribution in [3.05, 3.63) is 214 Å². The van der Waals surface area contributed by atoms with E-state index in [2.05, 4.69) is 180 Å². The van der Waals surface area contributed by atoms with Gasteiger partial charge < -0.3 is 10.3 Å². The Morgan fingerprint density at radius 3 is 1.88 bits per heavy atom. The standard InChI is InChI=1S/C44H32N4/c1-5-13-30(14-6-1)41-36-23-21-34(45-36)29-35-22-24-37(46-35)42(31-15-7-2-8-16-31)39-27-28-44(48-39,33-19-11-4-12-20-33)43(32-17-9-3-10-18-32)40-26-25-38(41)47-40/h1-27,29,45,48H,28H2. The molecule has 228 valence electrons. The van der Waals surface area contributed by atoms with E-state index in [1.165, 1.54) is 5.56 Å². The molecule has 2 N–H and O–H groups in total. The summed E-state index contributed by atoms with van der Waals surface area (Å²) in [6, 6.07) is 46.9. The first-order chi connectivity index (χ1) is 23.7. The van der Waals surface area contributed by atoms with Gasteiger partial charge in [-0.2, -0.15) is 0 Å². The first-order valence-corrected chi connectivity index (χ1v) is 16.4. The van der Waals surface area contributed by atoms with Gasteiger partial charge >= 0.3 is 0 Å². The second kappa shape index (κ2) is 11.5. The monoisotopic (exact) mass is 616 g/mol. The second-order valence-corrected chi connectivity index (χ2v) is 12.4. The third-order valence-corrected chi connectivity index (χ3v) is 9.46. The van der Waals surface area contributed by atoms with E-state index in [0.29, 0.717) is 0 Å². The van der Waals surface area contributed by atoms with Gasteiger partial charge in [-0.25, -0.2) is 9.98 Å². The maximum atomic E-state index is 5.48. The van der Waals surface area contributed by atoms with E-state index < -0.39 is 5.54 Å². The van der Waals surface area contributed by atoms with E-state index in [-0.39, 0.29) is 0 Å². The zero-order valence-corrected chi connectivity index (χ0v) is 26.3. The van der Waals surface area contributed by atoms with E-state index in [1.807, 2.05) is 0 Å². The van der Waals surface area contributed by atoms with Gasteiger partial charge in [0.05, 0.1) is 28.4 Å². The zero-order chi connectivity index (χ0) is 31.9. The van der Waals surface area contributed by atoms with Crippen LogP contribution in [0, 0.1) is 0 Å². The lowest BCUT2D eigenvalue weighted by Gasteiger charge is -2.36. The van der Waals surface area contributed by atoms with Gasteiger partial charge in [-0.3, -0.25) is 0 Å². The fourth-order valence-corrected chi connectivity index (χ4v) is 7.32. The number of nitrogens with one attached hydrogen (secondary N) is 2. The topological polar surface area (TPSA) is 52.5 Å². The van der Waals surface area contributed by atoms with Crippen LogP contribution in [0.15, 0.2) is 191 Å². The van der Waals surface area contributed by atoms with Crippen molar-refractivity contribution in [3.8, 4) is 0 Å². The summed E-state index contributed by atoms with van der Waals surface area (Å²) in [5.41, 5.74) is 12.0. The number of rotatable bonds is 4. The maximum Gasteiger partial charge on any atom is 0.0941 e. The zero-order valence-electron chi connectivity index (χ0n) is 26.3. The van der Waals surface area contributed by atoms with E-state index in [9.17, 15) is 0 Å². The molecular formula is C44H32N4. The molecule has 5 aromatic rings. The summed E-state index contributed by atoms with van der Waals surface area (Å²) in [6.07, 6.45) is 13.8. The normalized spacial score (nSPS) is 19.6. The number of hydrogen-bond acceptors (Lipinski definition) is 3. The van der Waals surface area contributed by atoms with Crippen LogP contribution in [0.25, 0.3) is 22.8 Å². The minimum atomic E-state index is -0.596. The number of aromatic nitrogens is 1. The molecule has 1 unspecified atom stereocenters. The predicted octanol–water partition coefficient (Wildman–Crippen LogP) is 7.62. The molecule has 0 aliphatic carbocycles. The van der Waals surface area contributed by atoms with E-state index in [0.717, 1.165) is 79.0 Å². The molecule has 1 aromatic heterocycles. The SMILES string of the molecule is C1=CC2=C(c3ccccc3)C3=CCC(c4ccccc4)(N3)C(c3ccccc3)=C3C=CC(=N3)C(c3ccccc3)=c3ccc([nH]3)=CC1=N2. The first-order valence-electron chi connectivity index (χ1n) is 16.4. The Bertz CT molecular complexity index is 2400. The molecule has 0 spiro atoms. The number of benzene rings is 4. The van der Waals surface area contributed by atoms with Crippen LogP contribution in [0.4, 0.5) is 0 Å². The predicted molar refractivity (Wildman–Crippen MR) is 197 cm³/mol. The Labute approximate surface area is 279 Å². The molecule has 1 atom stereocenters. The Kier molecular flexibility index (Phi) is 6.72. The summed E-state index contributed by atoms with van der Waals surface area (Å²) in [5, 5.41) is 6.12. The van der Waals surface area contributed by atoms with Crippen molar-refractivity contribution in [1.29, 1.82) is 0 Å². The minimum Gasteiger partial charge on any atom is -0.371 e. The fraction of sp³-hybridized carbons (Fsp3) is 0.0455. The van der Waals surface area contributed by atoms with Crippen LogP contribution in [-0.4, -0.2) is 16.4 Å². The fourth-order valence-electron chi connectivity index (χ4n) is 7.32. The van der Waals surface area contributed by atoms with Crippen LogP contribution in [0.2, 0.25) is 0 Å². The largest absolute Gasteiger partial charge is 0.371 e. The molecule has 4 nitrogen and oxygen atoms in total. The summed E-state index contributed by atoms with van der Waals surface area (Å²) in [6.45, 7) is 0. The molecule has 0 radical (unpaired) electrons. The lowest BCUT2D eigenvalue weighted by Crippen LogP contribution is -2.39. The van der Waals surface area contributed by atoms with Crippen LogP contribution >= 0.6 is 0 Å². The highest BCUT2D eigenvalue weighted by Gasteiger charge is 2.43. The number of allylic oxidation sites excluding steroid dienone is 5. The van der Waals surface area contributed by atoms with Crippen LogP contribution < -0.4 is 16.0 Å².